The van der Waals surface area contributed by atoms with Gasteiger partial charge in [0.2, 0.25) is 5.91 Å². The summed E-state index contributed by atoms with van der Waals surface area (Å²) in [6.07, 6.45) is 4.46. The summed E-state index contributed by atoms with van der Waals surface area (Å²) in [7, 11) is 1.67. The molecule has 1 aromatic rings. The summed E-state index contributed by atoms with van der Waals surface area (Å²) in [4.78, 5) is 14.1. The predicted octanol–water partition coefficient (Wildman–Crippen LogP) is 1.97. The molecule has 1 fully saturated rings. The largest absolute Gasteiger partial charge is 0.378 e. The van der Waals surface area contributed by atoms with Gasteiger partial charge < -0.3 is 15.4 Å². The van der Waals surface area contributed by atoms with Crippen LogP contribution in [0.4, 0.5) is 0 Å². The summed E-state index contributed by atoms with van der Waals surface area (Å²) in [5.74, 6) is 0.233. The normalized spacial score (nSPS) is 22.3. The summed E-state index contributed by atoms with van der Waals surface area (Å²) in [6, 6.07) is 10.5. The zero-order valence-corrected chi connectivity index (χ0v) is 12.8. The fourth-order valence-electron chi connectivity index (χ4n) is 2.82. The molecular weight excluding hydrogens is 264 g/mol. The highest BCUT2D eigenvalue weighted by molar-refractivity contribution is 5.76. The maximum absolute atomic E-state index is 12.2. The average Bonchev–Trinajstić information content (AvgIpc) is 2.53. The first-order valence-corrected chi connectivity index (χ1v) is 7.81. The first-order valence-electron chi connectivity index (χ1n) is 7.81. The fraction of sp³-hybridized carbons (Fsp3) is 0.588. The summed E-state index contributed by atoms with van der Waals surface area (Å²) < 4.78 is 5.35. The molecule has 2 rings (SSSR count). The molecule has 0 bridgehead atoms. The van der Waals surface area contributed by atoms with Crippen molar-refractivity contribution in [3.63, 3.8) is 0 Å². The van der Waals surface area contributed by atoms with Crippen LogP contribution in [0.2, 0.25) is 0 Å². The molecule has 4 heteroatoms. The minimum atomic E-state index is -0.0213. The van der Waals surface area contributed by atoms with Gasteiger partial charge in [-0.1, -0.05) is 30.3 Å². The van der Waals surface area contributed by atoms with Gasteiger partial charge >= 0.3 is 0 Å². The second kappa shape index (κ2) is 8.15. The van der Waals surface area contributed by atoms with Gasteiger partial charge in [-0.15, -0.1) is 0 Å². The van der Waals surface area contributed by atoms with Crippen molar-refractivity contribution < 1.29 is 9.53 Å². The molecule has 116 valence electrons. The highest BCUT2D eigenvalue weighted by Gasteiger charge is 2.28. The van der Waals surface area contributed by atoms with Crippen LogP contribution in [-0.4, -0.2) is 43.2 Å². The molecule has 21 heavy (non-hydrogen) atoms. The van der Waals surface area contributed by atoms with E-state index in [4.69, 9.17) is 10.5 Å². The number of nitrogens with zero attached hydrogens (tertiary/aromatic N) is 1. The number of piperidine rings is 1. The number of carbonyl (C=O) groups excluding carboxylic acids is 1. The molecule has 0 saturated carbocycles. The van der Waals surface area contributed by atoms with Gasteiger partial charge in [-0.3, -0.25) is 4.79 Å². The molecule has 1 aromatic carbocycles. The van der Waals surface area contributed by atoms with E-state index < -0.39 is 0 Å². The third kappa shape index (κ3) is 4.83. The Labute approximate surface area is 127 Å². The van der Waals surface area contributed by atoms with Crippen LogP contribution in [0.3, 0.4) is 0 Å². The number of hydrogen-bond acceptors (Lipinski definition) is 3. The van der Waals surface area contributed by atoms with Crippen LogP contribution in [0.25, 0.3) is 0 Å². The van der Waals surface area contributed by atoms with Gasteiger partial charge in [0.15, 0.2) is 0 Å². The van der Waals surface area contributed by atoms with Gasteiger partial charge in [-0.05, 0) is 31.2 Å². The lowest BCUT2D eigenvalue weighted by Crippen LogP contribution is -2.53. The lowest BCUT2D eigenvalue weighted by Gasteiger charge is -2.36. The van der Waals surface area contributed by atoms with Gasteiger partial charge in [0.25, 0.3) is 0 Å². The number of likely N-dealkylation sites (tertiary alicyclic amines) is 1. The van der Waals surface area contributed by atoms with Crippen LogP contribution in [0.5, 0.6) is 0 Å². The molecule has 0 aliphatic carbocycles. The second-order valence-corrected chi connectivity index (χ2v) is 5.76. The van der Waals surface area contributed by atoms with E-state index in [9.17, 15) is 4.79 Å². The van der Waals surface area contributed by atoms with Crippen molar-refractivity contribution in [2.75, 3.05) is 20.2 Å². The Kier molecular flexibility index (Phi) is 6.21. The predicted molar refractivity (Wildman–Crippen MR) is 84.0 cm³/mol. The smallest absolute Gasteiger partial charge is 0.222 e. The number of amides is 1. The summed E-state index contributed by atoms with van der Waals surface area (Å²) in [6.45, 7) is 1.40. The molecule has 1 aliphatic heterocycles. The molecule has 1 aliphatic rings. The lowest BCUT2D eigenvalue weighted by atomic mass is 10.0. The number of hydrogen-bond donors (Lipinski definition) is 1. The number of benzene rings is 1. The summed E-state index contributed by atoms with van der Waals surface area (Å²) in [5, 5.41) is 0. The van der Waals surface area contributed by atoms with Crippen LogP contribution in [-0.2, 0) is 16.0 Å². The highest BCUT2D eigenvalue weighted by Crippen LogP contribution is 2.14. The zero-order chi connectivity index (χ0) is 15.1. The Hall–Kier alpha value is -1.39. The number of nitrogens with two attached hydrogens (primary N) is 1. The van der Waals surface area contributed by atoms with Crippen LogP contribution in [0.15, 0.2) is 30.3 Å². The van der Waals surface area contributed by atoms with Gasteiger partial charge in [-0.2, -0.15) is 0 Å². The number of ether oxygens (including phenoxy) is 1. The van der Waals surface area contributed by atoms with Crippen molar-refractivity contribution in [2.45, 2.75) is 44.2 Å². The van der Waals surface area contributed by atoms with E-state index in [0.717, 1.165) is 32.2 Å². The Morgan fingerprint density at radius 2 is 2.10 bits per heavy atom. The van der Waals surface area contributed by atoms with E-state index in [1.54, 1.807) is 7.11 Å². The first-order chi connectivity index (χ1) is 10.2. The van der Waals surface area contributed by atoms with Crippen molar-refractivity contribution in [2.24, 2.45) is 5.73 Å². The number of rotatable bonds is 6. The third-order valence-electron chi connectivity index (χ3n) is 4.21. The molecule has 2 atom stereocenters. The van der Waals surface area contributed by atoms with E-state index in [1.165, 1.54) is 5.56 Å². The van der Waals surface area contributed by atoms with E-state index in [1.807, 2.05) is 11.0 Å². The molecule has 1 heterocycles. The summed E-state index contributed by atoms with van der Waals surface area (Å²) >= 11 is 0. The number of methoxy groups -OCH3 is 1. The number of carbonyl (C=O) groups is 1. The number of unbranched alkanes of at least 4 members (excludes halogenated alkanes) is 1. The van der Waals surface area contributed by atoms with Crippen molar-refractivity contribution in [1.82, 2.24) is 4.90 Å². The van der Waals surface area contributed by atoms with E-state index in [-0.39, 0.29) is 18.1 Å². The fourth-order valence-corrected chi connectivity index (χ4v) is 2.82. The SMILES string of the molecule is CO[C@@H]1CN(C(=O)CCCCc2ccccc2)CC[C@@H]1N. The maximum Gasteiger partial charge on any atom is 0.222 e. The van der Waals surface area contributed by atoms with Gasteiger partial charge in [0.1, 0.15) is 0 Å². The maximum atomic E-state index is 12.2. The zero-order valence-electron chi connectivity index (χ0n) is 12.8. The Bertz CT molecular complexity index is 436. The van der Waals surface area contributed by atoms with Crippen LogP contribution in [0, 0.1) is 0 Å². The molecule has 0 radical (unpaired) electrons. The van der Waals surface area contributed by atoms with E-state index >= 15 is 0 Å². The monoisotopic (exact) mass is 290 g/mol. The molecule has 4 nitrogen and oxygen atoms in total. The molecule has 1 amide bonds. The van der Waals surface area contributed by atoms with Gasteiger partial charge in [0, 0.05) is 32.7 Å². The topological polar surface area (TPSA) is 55.6 Å². The second-order valence-electron chi connectivity index (χ2n) is 5.76. The average molecular weight is 290 g/mol. The van der Waals surface area contributed by atoms with Crippen LogP contribution >= 0.6 is 0 Å². The molecule has 2 N–H and O–H groups in total. The van der Waals surface area contributed by atoms with E-state index in [2.05, 4.69) is 24.3 Å². The quantitative estimate of drug-likeness (QED) is 0.815. The highest BCUT2D eigenvalue weighted by atomic mass is 16.5. The van der Waals surface area contributed by atoms with Gasteiger partial charge in [-0.25, -0.2) is 0 Å². The molecular formula is C17H26N2O2. The standard InChI is InChI=1S/C17H26N2O2/c1-21-16-13-19(12-11-15(16)18)17(20)10-6-5-9-14-7-3-2-4-8-14/h2-4,7-8,15-16H,5-6,9-13,18H2,1H3/t15-,16+/m0/s1. The minimum Gasteiger partial charge on any atom is -0.378 e. The molecule has 0 unspecified atom stereocenters. The van der Waals surface area contributed by atoms with Crippen LogP contribution in [0.1, 0.15) is 31.2 Å². The van der Waals surface area contributed by atoms with Crippen molar-refractivity contribution >= 4 is 5.91 Å². The minimum absolute atomic E-state index is 0.0213. The van der Waals surface area contributed by atoms with Crippen LogP contribution < -0.4 is 5.73 Å². The Morgan fingerprint density at radius 3 is 2.81 bits per heavy atom. The number of aryl methyl sites for hydroxylation is 1. The van der Waals surface area contributed by atoms with Crippen molar-refractivity contribution in [3.8, 4) is 0 Å². The van der Waals surface area contributed by atoms with Crippen molar-refractivity contribution in [1.29, 1.82) is 0 Å². The van der Waals surface area contributed by atoms with Crippen molar-refractivity contribution in [3.05, 3.63) is 35.9 Å². The molecule has 1 saturated heterocycles. The Morgan fingerprint density at radius 1 is 1.33 bits per heavy atom. The first kappa shape index (κ1) is 16.0. The Balaban J connectivity index is 1.67. The lowest BCUT2D eigenvalue weighted by molar-refractivity contribution is -0.135. The molecule has 0 aromatic heterocycles. The van der Waals surface area contributed by atoms with Gasteiger partial charge in [0.05, 0.1) is 6.10 Å². The summed E-state index contributed by atoms with van der Waals surface area (Å²) in [5.41, 5.74) is 7.32. The van der Waals surface area contributed by atoms with E-state index in [0.29, 0.717) is 13.0 Å². The third-order valence-corrected chi connectivity index (χ3v) is 4.21. The molecule has 0 spiro atoms.